The fourth-order valence-corrected chi connectivity index (χ4v) is 5.37. The summed E-state index contributed by atoms with van der Waals surface area (Å²) in [4.78, 5) is 34.9. The average molecular weight is 886 g/mol. The zero-order valence-corrected chi connectivity index (χ0v) is 37.0. The van der Waals surface area contributed by atoms with Crippen molar-refractivity contribution in [1.82, 2.24) is 14.1 Å². The van der Waals surface area contributed by atoms with Crippen molar-refractivity contribution in [2.45, 2.75) is 117 Å². The molecule has 18 heteroatoms. The molecule has 12 nitrogen and oxygen atoms in total. The Kier molecular flexibility index (Phi) is 15.6. The van der Waals surface area contributed by atoms with Crippen LogP contribution in [0.1, 0.15) is 84.5 Å². The summed E-state index contributed by atoms with van der Waals surface area (Å²) < 4.78 is 56.0. The standard InChI is InChI=1S/C12H24B2O4.C12H18BNO3.C6H6BrNO.C5H4BrNO.CH3F/c1-9(2)10(3,4)16-13(15-9)14-17-11(5,6)12(7,8)18-14;1-11(2)12(3,4)17-13(16-11)9-6-7-10(15)14(5)8-9;1-8-4-5(7)2-3-6(8)9;6-4-1-2-5(8)7-3-4;1-2/h1-8H3;6-8H,1-5H3;2-4H,1H3;1-3H,(H,7,8);1H3/i;;;;1D. The molecule has 3 fully saturated rings. The maximum Gasteiger partial charge on any atom is 0.496 e. The molecule has 0 saturated carbocycles. The molecule has 3 aromatic rings. The lowest BCUT2D eigenvalue weighted by molar-refractivity contribution is 0.00578. The van der Waals surface area contributed by atoms with Crippen molar-refractivity contribution in [2.24, 2.45) is 14.1 Å². The molecule has 1 N–H and O–H groups in total. The predicted octanol–water partition coefficient (Wildman–Crippen LogP) is 5.80. The second-order valence-corrected chi connectivity index (χ2v) is 17.7. The number of aromatic nitrogens is 3. The van der Waals surface area contributed by atoms with Crippen molar-refractivity contribution >= 4 is 58.5 Å². The number of nitrogens with one attached hydrogen (secondary N) is 1. The van der Waals surface area contributed by atoms with E-state index in [1.165, 1.54) is 27.3 Å². The van der Waals surface area contributed by atoms with Gasteiger partial charge in [-0.05, 0) is 133 Å². The summed E-state index contributed by atoms with van der Waals surface area (Å²) in [7, 11) is 1.07. The summed E-state index contributed by atoms with van der Waals surface area (Å²) in [6, 6.07) is 9.68. The zero-order chi connectivity index (χ0) is 42.4. The molecule has 298 valence electrons. The largest absolute Gasteiger partial charge is 0.496 e. The smallest absolute Gasteiger partial charge is 0.405 e. The first kappa shape index (κ1) is 46.1. The van der Waals surface area contributed by atoms with Crippen LogP contribution in [-0.2, 0) is 42.0 Å². The number of hydrogen-bond acceptors (Lipinski definition) is 9. The lowest BCUT2D eigenvalue weighted by atomic mass is 9.49. The van der Waals surface area contributed by atoms with Crippen molar-refractivity contribution in [2.75, 3.05) is 7.15 Å². The number of halogens is 3. The lowest BCUT2D eigenvalue weighted by Gasteiger charge is -2.32. The highest BCUT2D eigenvalue weighted by molar-refractivity contribution is 9.10. The third-order valence-corrected chi connectivity index (χ3v) is 11.2. The third-order valence-electron chi connectivity index (χ3n) is 10.2. The molecular formula is C36H55B3Br2FN3O9. The minimum atomic E-state index is -1.00. The number of aryl methyl sites for hydroxylation is 2. The van der Waals surface area contributed by atoms with Crippen molar-refractivity contribution < 1.29 is 33.7 Å². The third kappa shape index (κ3) is 12.1. The van der Waals surface area contributed by atoms with Crippen LogP contribution in [0.5, 0.6) is 0 Å². The zero-order valence-electron chi connectivity index (χ0n) is 34.8. The van der Waals surface area contributed by atoms with Crippen LogP contribution < -0.4 is 22.1 Å². The van der Waals surface area contributed by atoms with Gasteiger partial charge >= 0.3 is 21.1 Å². The van der Waals surface area contributed by atoms with Crippen LogP contribution in [0, 0.1) is 0 Å². The monoisotopic (exact) mass is 884 g/mol. The second kappa shape index (κ2) is 18.3. The van der Waals surface area contributed by atoms with Crippen LogP contribution in [-0.4, -0.2) is 76.0 Å². The Morgan fingerprint density at radius 2 is 0.944 bits per heavy atom. The van der Waals surface area contributed by atoms with Crippen molar-refractivity contribution in [1.29, 1.82) is 0 Å². The first-order valence-corrected chi connectivity index (χ1v) is 18.8. The molecule has 3 aliphatic rings. The highest BCUT2D eigenvalue weighted by Crippen LogP contribution is 2.43. The normalized spacial score (nSPS) is 20.8. The molecule has 3 aromatic heterocycles. The summed E-state index contributed by atoms with van der Waals surface area (Å²) in [5.41, 5.74) is -1.38. The fourth-order valence-electron chi connectivity index (χ4n) is 4.69. The minimum Gasteiger partial charge on any atom is -0.405 e. The molecule has 0 aromatic carbocycles. The van der Waals surface area contributed by atoms with Crippen molar-refractivity contribution in [3.63, 3.8) is 0 Å². The molecule has 0 amide bonds. The van der Waals surface area contributed by atoms with E-state index in [1.54, 1.807) is 50.9 Å². The summed E-state index contributed by atoms with van der Waals surface area (Å²) >= 11 is 6.41. The molecule has 3 aliphatic heterocycles. The predicted molar refractivity (Wildman–Crippen MR) is 221 cm³/mol. The van der Waals surface area contributed by atoms with Crippen molar-refractivity contribution in [3.8, 4) is 0 Å². The molecule has 6 rings (SSSR count). The number of hydrogen-bond donors (Lipinski definition) is 1. The number of H-pyrrole nitrogens is 1. The van der Waals surface area contributed by atoms with Crippen LogP contribution in [0.4, 0.5) is 4.39 Å². The van der Waals surface area contributed by atoms with Crippen LogP contribution in [0.25, 0.3) is 0 Å². The van der Waals surface area contributed by atoms with Gasteiger partial charge in [0, 0.05) is 59.8 Å². The van der Waals surface area contributed by atoms with Crippen molar-refractivity contribution in [3.05, 3.63) is 95.0 Å². The molecule has 0 unspecified atom stereocenters. The van der Waals surface area contributed by atoms with E-state index in [2.05, 4.69) is 36.8 Å². The number of pyridine rings is 3. The Labute approximate surface area is 337 Å². The Bertz CT molecular complexity index is 1810. The van der Waals surface area contributed by atoms with E-state index in [1.807, 2.05) is 83.1 Å². The van der Waals surface area contributed by atoms with Gasteiger partial charge in [0.05, 0.1) is 42.1 Å². The van der Waals surface area contributed by atoms with Gasteiger partial charge in [0.2, 0.25) is 16.7 Å². The van der Waals surface area contributed by atoms with Crippen LogP contribution in [0.3, 0.4) is 0 Å². The first-order chi connectivity index (χ1) is 25.0. The highest BCUT2D eigenvalue weighted by atomic mass is 79.9. The molecule has 0 atom stereocenters. The summed E-state index contributed by atoms with van der Waals surface area (Å²) in [5, 5.41) is 0. The Balaban J connectivity index is 0.000000260. The summed E-state index contributed by atoms with van der Waals surface area (Å²) in [6.45, 7) is 24.2. The molecule has 54 heavy (non-hydrogen) atoms. The number of alkyl halides is 1. The number of nitrogens with zero attached hydrogens (tertiary/aromatic N) is 2. The van der Waals surface area contributed by atoms with Gasteiger partial charge in [-0.25, -0.2) is 0 Å². The van der Waals surface area contributed by atoms with Crippen LogP contribution in [0.2, 0.25) is 0 Å². The Hall–Kier alpha value is -2.31. The first-order valence-electron chi connectivity index (χ1n) is 18.0. The van der Waals surface area contributed by atoms with Gasteiger partial charge in [0.15, 0.2) is 0 Å². The average Bonchev–Trinajstić information content (AvgIpc) is 3.52. The molecular weight excluding hydrogens is 830 g/mol. The SMILES string of the molecule is CC1(C)OB(B2OC(C)(C)C(C)(C)O2)OC1(C)C.Cn1cc(B2OC(C)(C)C(C)(C)O2)ccc1=O.Cn1cc(Br)ccc1=O.O=c1ccc(Br)c[nH]1.[2H]CF. The number of aromatic amines is 1. The van der Waals surface area contributed by atoms with Gasteiger partial charge in [-0.1, -0.05) is 6.07 Å². The molecule has 0 aliphatic carbocycles. The molecule has 6 heterocycles. The quantitative estimate of drug-likeness (QED) is 0.317. The summed E-state index contributed by atoms with van der Waals surface area (Å²) in [5.74, 6) is 0. The highest BCUT2D eigenvalue weighted by Gasteiger charge is 2.63. The molecule has 3 saturated heterocycles. The Morgan fingerprint density at radius 1 is 0.593 bits per heavy atom. The van der Waals surface area contributed by atoms with Gasteiger partial charge in [0.25, 0.3) is 0 Å². The van der Waals surface area contributed by atoms with E-state index in [9.17, 15) is 18.8 Å². The van der Waals surface area contributed by atoms with E-state index in [-0.39, 0.29) is 50.3 Å². The van der Waals surface area contributed by atoms with E-state index < -0.39 is 28.3 Å². The second-order valence-electron chi connectivity index (χ2n) is 15.9. The maximum atomic E-state index is 11.3. The number of rotatable bonds is 2. The van der Waals surface area contributed by atoms with Gasteiger partial charge < -0.3 is 42.0 Å². The van der Waals surface area contributed by atoms with Crippen LogP contribution in [0.15, 0.2) is 78.3 Å². The van der Waals surface area contributed by atoms with E-state index in [4.69, 9.17) is 29.3 Å². The maximum absolute atomic E-state index is 11.3. The van der Waals surface area contributed by atoms with E-state index in [0.29, 0.717) is 0 Å². The fraction of sp³-hybridized carbons (Fsp3) is 0.583. The minimum absolute atomic E-state index is 0.0122. The van der Waals surface area contributed by atoms with E-state index in [0.717, 1.165) is 14.4 Å². The van der Waals surface area contributed by atoms with Gasteiger partial charge in [0.1, 0.15) is 0 Å². The van der Waals surface area contributed by atoms with E-state index >= 15 is 0 Å². The van der Waals surface area contributed by atoms with Crippen LogP contribution >= 0.6 is 31.9 Å². The Morgan fingerprint density at radius 3 is 1.26 bits per heavy atom. The molecule has 0 bridgehead atoms. The molecule has 0 spiro atoms. The lowest BCUT2D eigenvalue weighted by Crippen LogP contribution is -2.41. The van der Waals surface area contributed by atoms with Gasteiger partial charge in [-0.15, -0.1) is 0 Å². The molecule has 0 radical (unpaired) electrons. The van der Waals surface area contributed by atoms with Gasteiger partial charge in [-0.2, -0.15) is 0 Å². The van der Waals surface area contributed by atoms with Gasteiger partial charge in [-0.3, -0.25) is 18.8 Å². The summed E-state index contributed by atoms with van der Waals surface area (Å²) in [6.07, 6.45) is 5.08. The topological polar surface area (TPSA) is 132 Å².